The predicted octanol–water partition coefficient (Wildman–Crippen LogP) is 22.7. The molecule has 139 heavy (non-hydrogen) atoms. The van der Waals surface area contributed by atoms with Crippen molar-refractivity contribution < 1.29 is 86.6 Å². The van der Waals surface area contributed by atoms with Crippen LogP contribution in [0.25, 0.3) is 42.6 Å². The highest BCUT2D eigenvalue weighted by Gasteiger charge is 2.32. The highest BCUT2D eigenvalue weighted by Crippen LogP contribution is 2.45. The lowest BCUT2D eigenvalue weighted by Gasteiger charge is -2.09. The molecule has 0 aliphatic carbocycles. The van der Waals surface area contributed by atoms with Crippen LogP contribution >= 0.6 is 149 Å². The van der Waals surface area contributed by atoms with Gasteiger partial charge in [-0.3, -0.25) is 77.8 Å². The molecule has 0 spiro atoms. The first-order chi connectivity index (χ1) is 66.2. The number of carboxylic acids is 1. The van der Waals surface area contributed by atoms with Crippen LogP contribution in [-0.2, 0) is 24.7 Å². The SMILES string of the molecule is CC(=NCC(=O)c1ccc(C(=O)NC(C)C)s1)c1nn(C)c(-c2ccc(Cl)c(Cl)c2)c1O.CC(=NCC(=O)c1ccc(C(=O)NCC(=O)O)s1)c1csc(-c2ccc(OC(F)(F)F)cc2)c1O.CC(=NCC(=O)c1ccc(C(=O)NCCc2ccccn2)s1)c1csc(-c2ccc(Cl)c(Cl)c2)c1O.CC(=NCC(=O)c1ccc(C(=O)NCCc2ccncc2)s1)c1csc(-c2ccc(Cl)c(Cl)c2)c1O. The van der Waals surface area contributed by atoms with E-state index in [1.807, 2.05) is 44.2 Å². The lowest BCUT2D eigenvalue weighted by molar-refractivity contribution is -0.274. The first-order valence-corrected chi connectivity index (χ1v) is 49.5. The van der Waals surface area contributed by atoms with E-state index in [1.165, 1.54) is 51.6 Å². The summed E-state index contributed by atoms with van der Waals surface area (Å²) in [5.41, 5.74) is 8.63. The Hall–Kier alpha value is -12.5. The number of benzene rings is 4. The van der Waals surface area contributed by atoms with Crippen molar-refractivity contribution in [3.63, 3.8) is 0 Å². The average Bonchev–Trinajstić information content (AvgIpc) is 1.66. The van der Waals surface area contributed by atoms with Gasteiger partial charge in [-0.2, -0.15) is 5.10 Å². The number of carbonyl (C=O) groups is 9. The zero-order valence-electron chi connectivity index (χ0n) is 74.1. The summed E-state index contributed by atoms with van der Waals surface area (Å²) in [4.78, 5) is 140. The monoisotopic (exact) mass is 2130 g/mol. The smallest absolute Gasteiger partial charge is 0.506 e. The Morgan fingerprint density at radius 3 is 1.21 bits per heavy atom. The molecule has 720 valence electrons. The number of pyridine rings is 2. The maximum atomic E-state index is 12.7. The van der Waals surface area contributed by atoms with Crippen molar-refractivity contribution in [2.24, 2.45) is 27.0 Å². The summed E-state index contributed by atoms with van der Waals surface area (Å²) < 4.78 is 42.3. The van der Waals surface area contributed by atoms with Gasteiger partial charge in [0.05, 0.1) is 89.5 Å². The number of nitrogens with zero attached hydrogens (tertiary/aromatic N) is 8. The topological polar surface area (TPSA) is 405 Å². The van der Waals surface area contributed by atoms with Crippen molar-refractivity contribution in [2.75, 3.05) is 45.8 Å². The van der Waals surface area contributed by atoms with Crippen molar-refractivity contribution in [3.05, 3.63) is 295 Å². The summed E-state index contributed by atoms with van der Waals surface area (Å²) in [5.74, 6) is -3.87. The van der Waals surface area contributed by atoms with Gasteiger partial charge in [0.15, 0.2) is 28.9 Å². The Morgan fingerprint density at radius 1 is 0.439 bits per heavy atom. The van der Waals surface area contributed by atoms with E-state index in [0.717, 1.165) is 91.2 Å². The van der Waals surface area contributed by atoms with Crippen molar-refractivity contribution in [3.8, 4) is 71.3 Å². The number of nitrogens with one attached hydrogen (secondary N) is 4. The third-order valence-electron chi connectivity index (χ3n) is 19.7. The van der Waals surface area contributed by atoms with Crippen molar-refractivity contribution in [2.45, 2.75) is 66.8 Å². The fourth-order valence-electron chi connectivity index (χ4n) is 12.6. The number of amides is 4. The Balaban J connectivity index is 0.000000178. The number of ketones is 4. The molecule has 0 radical (unpaired) electrons. The number of aliphatic carboxylic acids is 1. The van der Waals surface area contributed by atoms with E-state index in [2.05, 4.69) is 61.0 Å². The summed E-state index contributed by atoms with van der Waals surface area (Å²) >= 11 is 44.4. The minimum absolute atomic E-state index is 0.0100. The molecule has 9 N–H and O–H groups in total. The normalized spacial score (nSPS) is 11.6. The van der Waals surface area contributed by atoms with Gasteiger partial charge in [0.1, 0.15) is 67.1 Å². The second kappa shape index (κ2) is 49.9. The molecule has 0 fully saturated rings. The maximum Gasteiger partial charge on any atom is 0.573 e. The number of carboxylic acid groups (broad SMARTS) is 1. The van der Waals surface area contributed by atoms with Gasteiger partial charge in [0, 0.05) is 112 Å². The number of halogens is 9. The molecule has 0 saturated carbocycles. The van der Waals surface area contributed by atoms with Crippen LogP contribution in [-0.4, -0.2) is 179 Å². The fourth-order valence-corrected chi connectivity index (χ4v) is 19.9. The molecule has 14 rings (SSSR count). The number of aliphatic imine (C=N–C) groups is 4. The number of Topliss-reactive ketones (excluding diaryl/α,β-unsaturated/α-hetero) is 4. The van der Waals surface area contributed by atoms with E-state index in [-0.39, 0.29) is 117 Å². The third-order valence-corrected chi connectivity index (χ3v) is 29.4. The number of aromatic nitrogens is 4. The molecular weight excluding hydrogens is 2060 g/mol. The first-order valence-electron chi connectivity index (χ1n) is 41.3. The van der Waals surface area contributed by atoms with E-state index in [0.29, 0.717) is 156 Å². The lowest BCUT2D eigenvalue weighted by Crippen LogP contribution is -2.29. The Morgan fingerprint density at radius 2 is 0.813 bits per heavy atom. The van der Waals surface area contributed by atoms with Crippen LogP contribution in [0, 0.1) is 0 Å². The molecule has 0 unspecified atom stereocenters. The van der Waals surface area contributed by atoms with E-state index >= 15 is 0 Å². The van der Waals surface area contributed by atoms with E-state index < -0.39 is 24.8 Å². The number of carbonyl (C=O) groups excluding carboxylic acids is 8. The molecule has 14 aromatic rings. The highest BCUT2D eigenvalue weighted by atomic mass is 35.5. The van der Waals surface area contributed by atoms with Gasteiger partial charge in [-0.05, 0) is 204 Å². The Bertz CT molecular complexity index is 6790. The number of rotatable bonds is 34. The standard InChI is InChI=1S/2C26H21Cl2N3O3S2.C22H22Cl2N4O3S.C22H17F3N2O6S2/c1-15(18-14-35-25(24(18)33)17-2-3-19(27)20(28)12-17)31-13-21(32)22-4-5-23(36-22)26(34)30-11-8-16-6-9-29-10-7-16;1-15(18-14-35-25(24(18)33)16-5-6-19(27)20(28)12-16)31-13-21(32)22-7-8-23(36-22)26(34)30-11-9-17-4-2-3-10-29-17;1-11(2)26-22(31)18-8-7-17(32-18)16(29)10-25-12(3)19-21(30)20(28(4)27-19)13-5-6-14(23)15(24)9-13;1-11(26-8-15(28)16-6-7-17(35-16)21(32)27-9-18(29)30)14-10-34-20(19(14)31)12-2-4-13(5-3-12)33-22(23,24)25/h2-7,9-10,12,14,33H,8,11,13H2,1H3,(H,30,34);2-8,10,12,14,33H,9,11,13H2,1H3,(H,30,34);5-9,11,30H,10H2,1-4H3,(H,26,31);2-7,10,31H,8-9H2,1H3,(H,27,32)(H,29,30). The van der Waals surface area contributed by atoms with E-state index in [9.17, 15) is 76.7 Å². The molecule has 0 aliphatic heterocycles. The van der Waals surface area contributed by atoms with Crippen LogP contribution < -0.4 is 26.0 Å². The van der Waals surface area contributed by atoms with Gasteiger partial charge in [0.2, 0.25) is 0 Å². The van der Waals surface area contributed by atoms with Gasteiger partial charge in [-0.1, -0.05) is 93.9 Å². The van der Waals surface area contributed by atoms with Crippen LogP contribution in [0.5, 0.6) is 28.7 Å². The summed E-state index contributed by atoms with van der Waals surface area (Å²) in [6, 6.07) is 42.5. The van der Waals surface area contributed by atoms with Crippen LogP contribution in [0.2, 0.25) is 30.1 Å². The Kier molecular flexibility index (Phi) is 38.4. The lowest BCUT2D eigenvalue weighted by atomic mass is 10.1. The minimum Gasteiger partial charge on any atom is -0.506 e. The molecule has 0 atom stereocenters. The molecule has 43 heteroatoms. The quantitative estimate of drug-likeness (QED) is 0.0134. The number of alkyl halides is 3. The fraction of sp³-hybridized carbons (Fsp3) is 0.188. The minimum atomic E-state index is -4.80. The summed E-state index contributed by atoms with van der Waals surface area (Å²) in [5, 5.41) is 74.1. The molecule has 0 saturated heterocycles. The van der Waals surface area contributed by atoms with Gasteiger partial charge >= 0.3 is 12.3 Å². The summed E-state index contributed by atoms with van der Waals surface area (Å²) in [6.07, 6.45) is 1.66. The van der Waals surface area contributed by atoms with Crippen molar-refractivity contribution in [1.29, 1.82) is 0 Å². The third kappa shape index (κ3) is 29.8. The highest BCUT2D eigenvalue weighted by molar-refractivity contribution is 7.17. The van der Waals surface area contributed by atoms with E-state index in [1.54, 1.807) is 160 Å². The molecule has 10 aromatic heterocycles. The van der Waals surface area contributed by atoms with Crippen molar-refractivity contribution >= 4 is 225 Å². The van der Waals surface area contributed by atoms with Gasteiger partial charge in [0.25, 0.3) is 23.6 Å². The second-order valence-electron chi connectivity index (χ2n) is 30.0. The van der Waals surface area contributed by atoms with Crippen molar-refractivity contribution in [1.82, 2.24) is 41.0 Å². The molecule has 0 aliphatic rings. The van der Waals surface area contributed by atoms with Gasteiger partial charge < -0.3 is 51.5 Å². The van der Waals surface area contributed by atoms with Crippen LogP contribution in [0.1, 0.15) is 153 Å². The van der Waals surface area contributed by atoms with Crippen LogP contribution in [0.15, 0.2) is 212 Å². The van der Waals surface area contributed by atoms with Gasteiger partial charge in [-0.25, -0.2) is 0 Å². The van der Waals surface area contributed by atoms with Crippen LogP contribution in [0.3, 0.4) is 0 Å². The number of aromatic hydroxyl groups is 4. The molecule has 10 heterocycles. The Labute approximate surface area is 851 Å². The molecule has 0 bridgehead atoms. The zero-order chi connectivity index (χ0) is 101. The number of hydrogen-bond acceptors (Lipinski definition) is 28. The molecule has 27 nitrogen and oxygen atoms in total. The number of ether oxygens (including phenoxy) is 1. The van der Waals surface area contributed by atoms with Gasteiger partial charge in [-0.15, -0.1) is 92.5 Å². The first kappa shape index (κ1) is 107. The largest absolute Gasteiger partial charge is 0.573 e. The zero-order valence-corrected chi connectivity index (χ0v) is 84.3. The number of hydrogen-bond donors (Lipinski definition) is 9. The number of thiophene rings is 7. The van der Waals surface area contributed by atoms with E-state index in [4.69, 9.17) is 74.7 Å². The molecule has 4 amide bonds. The molecule has 4 aromatic carbocycles. The van der Waals surface area contributed by atoms with Crippen LogP contribution in [0.4, 0.5) is 13.2 Å². The molecular formula is C96H81Cl6F3N12O15S7. The average molecular weight is 2140 g/mol. The summed E-state index contributed by atoms with van der Waals surface area (Å²) in [6.45, 7) is 10.3. The maximum absolute atomic E-state index is 12.7. The predicted molar refractivity (Wildman–Crippen MR) is 547 cm³/mol. The summed E-state index contributed by atoms with van der Waals surface area (Å²) in [7, 11) is 1.69. The second-order valence-corrected chi connectivity index (χ2v) is 39.4. The number of aryl methyl sites for hydroxylation is 1.